The van der Waals surface area contributed by atoms with E-state index in [0.717, 1.165) is 33.2 Å². The Kier molecular flexibility index (Phi) is 9.18. The first-order valence-electron chi connectivity index (χ1n) is 15.0. The number of nitrogens with zero attached hydrogens (tertiary/aromatic N) is 3. The molecular formula is C35H42N4O4. The zero-order valence-electron chi connectivity index (χ0n) is 25.7. The lowest BCUT2D eigenvalue weighted by Crippen LogP contribution is -2.49. The quantitative estimate of drug-likeness (QED) is 0.310. The second kappa shape index (κ2) is 13.0. The van der Waals surface area contributed by atoms with Crippen LogP contribution in [0.3, 0.4) is 0 Å². The third kappa shape index (κ3) is 6.17. The second-order valence-electron chi connectivity index (χ2n) is 11.7. The number of aromatic nitrogens is 1. The number of hydrogen-bond donors (Lipinski definition) is 2. The molecule has 0 radical (unpaired) electrons. The first-order valence-corrected chi connectivity index (χ1v) is 15.0. The van der Waals surface area contributed by atoms with Crippen LogP contribution in [-0.2, 0) is 18.4 Å². The number of ether oxygens (including phenoxy) is 1. The van der Waals surface area contributed by atoms with Crippen LogP contribution in [0.25, 0.3) is 22.0 Å². The predicted octanol–water partition coefficient (Wildman–Crippen LogP) is 5.61. The number of aliphatic hydroxyl groups excluding tert-OH is 1. The van der Waals surface area contributed by atoms with Gasteiger partial charge in [0, 0.05) is 49.6 Å². The van der Waals surface area contributed by atoms with Crippen LogP contribution >= 0.6 is 0 Å². The van der Waals surface area contributed by atoms with E-state index in [1.165, 1.54) is 0 Å². The summed E-state index contributed by atoms with van der Waals surface area (Å²) in [5, 5.41) is 14.3. The maximum atomic E-state index is 14.5. The standard InChI is InChI=1S/C35H42N4O4/c1-23-19-39(24(2)21-40)34(41)33-32(29-17-11-12-18-30(29)38(33)5)28-16-10-9-15-27(28)22-43-31(23)20-37(4)35(42)36-25(3)26-13-7-6-8-14-26/h6-18,23-25,31,40H,19-22H2,1-5H3,(H,36,42)/t23-,24+,25-,31+/m1/s1. The van der Waals surface area contributed by atoms with E-state index in [9.17, 15) is 14.7 Å². The molecule has 226 valence electrons. The molecular weight excluding hydrogens is 540 g/mol. The van der Waals surface area contributed by atoms with Gasteiger partial charge in [0.1, 0.15) is 5.69 Å². The number of carbonyl (C=O) groups excluding carboxylic acids is 2. The lowest BCUT2D eigenvalue weighted by atomic mass is 9.96. The van der Waals surface area contributed by atoms with Crippen LogP contribution in [0.4, 0.5) is 4.79 Å². The normalized spacial score (nSPS) is 18.7. The Morgan fingerprint density at radius 2 is 1.72 bits per heavy atom. The molecule has 0 fully saturated rings. The summed E-state index contributed by atoms with van der Waals surface area (Å²) in [7, 11) is 3.69. The van der Waals surface area contributed by atoms with Crippen molar-refractivity contribution in [3.8, 4) is 11.1 Å². The number of rotatable bonds is 6. The SMILES string of the molecule is C[C@@H]1CN([C@@H](C)CO)C(=O)c2c(c3ccccc3n2C)-c2ccccc2CO[C@H]1CN(C)C(=O)N[C@H](C)c1ccccc1. The first kappa shape index (κ1) is 30.3. The Morgan fingerprint density at radius 3 is 2.47 bits per heavy atom. The highest BCUT2D eigenvalue weighted by atomic mass is 16.5. The zero-order chi connectivity index (χ0) is 30.7. The molecule has 8 nitrogen and oxygen atoms in total. The highest BCUT2D eigenvalue weighted by Crippen LogP contribution is 2.38. The summed E-state index contributed by atoms with van der Waals surface area (Å²) >= 11 is 0. The third-order valence-corrected chi connectivity index (χ3v) is 8.67. The van der Waals surface area contributed by atoms with Crippen molar-refractivity contribution in [2.45, 2.75) is 45.6 Å². The van der Waals surface area contributed by atoms with E-state index in [2.05, 4.69) is 5.32 Å². The van der Waals surface area contributed by atoms with Gasteiger partial charge in [-0.3, -0.25) is 4.79 Å². The van der Waals surface area contributed by atoms with Crippen LogP contribution in [0.2, 0.25) is 0 Å². The Labute approximate surface area is 253 Å². The van der Waals surface area contributed by atoms with Crippen molar-refractivity contribution in [2.75, 3.05) is 26.7 Å². The summed E-state index contributed by atoms with van der Waals surface area (Å²) < 4.78 is 8.59. The number of amides is 3. The van der Waals surface area contributed by atoms with Crippen molar-refractivity contribution in [3.05, 3.63) is 95.7 Å². The Bertz CT molecular complexity index is 1580. The van der Waals surface area contributed by atoms with Crippen molar-refractivity contribution in [1.82, 2.24) is 19.7 Å². The molecule has 2 heterocycles. The Balaban J connectivity index is 1.50. The van der Waals surface area contributed by atoms with Crippen LogP contribution in [0, 0.1) is 5.92 Å². The summed E-state index contributed by atoms with van der Waals surface area (Å²) in [6, 6.07) is 25.2. The molecule has 0 bridgehead atoms. The van der Waals surface area contributed by atoms with Gasteiger partial charge in [-0.15, -0.1) is 0 Å². The van der Waals surface area contributed by atoms with E-state index in [1.807, 2.05) is 111 Å². The molecule has 8 heteroatoms. The smallest absolute Gasteiger partial charge is 0.317 e. The molecule has 3 amide bonds. The van der Waals surface area contributed by atoms with Crippen LogP contribution in [-0.4, -0.2) is 70.3 Å². The molecule has 5 rings (SSSR count). The van der Waals surface area contributed by atoms with Crippen LogP contribution in [0.1, 0.15) is 48.4 Å². The summed E-state index contributed by atoms with van der Waals surface area (Å²) in [5.41, 5.74) is 5.36. The van der Waals surface area contributed by atoms with Gasteiger partial charge in [0.05, 0.1) is 31.4 Å². The van der Waals surface area contributed by atoms with Gasteiger partial charge >= 0.3 is 6.03 Å². The van der Waals surface area contributed by atoms with Gasteiger partial charge in [0.15, 0.2) is 0 Å². The number of aryl methyl sites for hydroxylation is 1. The van der Waals surface area contributed by atoms with E-state index in [4.69, 9.17) is 4.74 Å². The highest BCUT2D eigenvalue weighted by Gasteiger charge is 2.34. The van der Waals surface area contributed by atoms with Gasteiger partial charge < -0.3 is 29.5 Å². The minimum absolute atomic E-state index is 0.136. The summed E-state index contributed by atoms with van der Waals surface area (Å²) in [4.78, 5) is 31.1. The fourth-order valence-electron chi connectivity index (χ4n) is 6.00. The summed E-state index contributed by atoms with van der Waals surface area (Å²) in [6.07, 6.45) is -0.366. The largest absolute Gasteiger partial charge is 0.394 e. The van der Waals surface area contributed by atoms with Gasteiger partial charge in [0.2, 0.25) is 0 Å². The topological polar surface area (TPSA) is 87.0 Å². The van der Waals surface area contributed by atoms with E-state index in [0.29, 0.717) is 25.4 Å². The van der Waals surface area contributed by atoms with E-state index < -0.39 is 6.04 Å². The number of fused-ring (bicyclic) bond motifs is 5. The van der Waals surface area contributed by atoms with E-state index in [1.54, 1.807) is 16.8 Å². The molecule has 0 spiro atoms. The van der Waals surface area contributed by atoms with Gasteiger partial charge in [-0.1, -0.05) is 79.7 Å². The minimum Gasteiger partial charge on any atom is -0.394 e. The van der Waals surface area contributed by atoms with Gasteiger partial charge in [-0.05, 0) is 36.6 Å². The van der Waals surface area contributed by atoms with Crippen LogP contribution < -0.4 is 5.32 Å². The maximum Gasteiger partial charge on any atom is 0.317 e. The molecule has 0 aliphatic carbocycles. The van der Waals surface area contributed by atoms with Crippen molar-refractivity contribution in [3.63, 3.8) is 0 Å². The molecule has 4 aromatic rings. The molecule has 0 saturated heterocycles. The zero-order valence-corrected chi connectivity index (χ0v) is 25.7. The Morgan fingerprint density at radius 1 is 1.05 bits per heavy atom. The number of para-hydroxylation sites is 1. The molecule has 0 saturated carbocycles. The summed E-state index contributed by atoms with van der Waals surface area (Å²) in [5.74, 6) is -0.275. The minimum atomic E-state index is -0.412. The number of nitrogens with one attached hydrogen (secondary N) is 1. The highest BCUT2D eigenvalue weighted by molar-refractivity contribution is 6.10. The van der Waals surface area contributed by atoms with Crippen LogP contribution in [0.5, 0.6) is 0 Å². The fraction of sp³-hybridized carbons (Fsp3) is 0.371. The number of benzene rings is 3. The first-order chi connectivity index (χ1) is 20.7. The molecule has 43 heavy (non-hydrogen) atoms. The fourth-order valence-corrected chi connectivity index (χ4v) is 6.00. The monoisotopic (exact) mass is 582 g/mol. The van der Waals surface area contributed by atoms with E-state index in [-0.39, 0.29) is 36.6 Å². The molecule has 0 unspecified atom stereocenters. The van der Waals surface area contributed by atoms with Gasteiger partial charge in [0.25, 0.3) is 5.91 Å². The van der Waals surface area contributed by atoms with Crippen molar-refractivity contribution < 1.29 is 19.4 Å². The molecule has 4 atom stereocenters. The average Bonchev–Trinajstić information content (AvgIpc) is 3.32. The van der Waals surface area contributed by atoms with Gasteiger partial charge in [-0.25, -0.2) is 4.79 Å². The van der Waals surface area contributed by atoms with Crippen molar-refractivity contribution in [2.24, 2.45) is 13.0 Å². The Hall–Kier alpha value is -4.14. The number of likely N-dealkylation sites (N-methyl/N-ethyl adjacent to an activating group) is 1. The molecule has 1 aliphatic heterocycles. The molecule has 3 aromatic carbocycles. The van der Waals surface area contributed by atoms with Gasteiger partial charge in [-0.2, -0.15) is 0 Å². The predicted molar refractivity (Wildman–Crippen MR) is 170 cm³/mol. The maximum absolute atomic E-state index is 14.5. The number of hydrogen-bond acceptors (Lipinski definition) is 4. The second-order valence-corrected chi connectivity index (χ2v) is 11.7. The number of urea groups is 1. The summed E-state index contributed by atoms with van der Waals surface area (Å²) in [6.45, 7) is 6.72. The molecule has 1 aliphatic rings. The third-order valence-electron chi connectivity index (χ3n) is 8.67. The van der Waals surface area contributed by atoms with Crippen molar-refractivity contribution >= 4 is 22.8 Å². The molecule has 2 N–H and O–H groups in total. The average molecular weight is 583 g/mol. The molecule has 1 aromatic heterocycles. The number of aliphatic hydroxyl groups is 1. The van der Waals surface area contributed by atoms with E-state index >= 15 is 0 Å². The lowest BCUT2D eigenvalue weighted by Gasteiger charge is -2.35. The van der Waals surface area contributed by atoms with Crippen molar-refractivity contribution in [1.29, 1.82) is 0 Å². The lowest BCUT2D eigenvalue weighted by molar-refractivity contribution is -0.0186. The number of carbonyl (C=O) groups is 2. The van der Waals surface area contributed by atoms with Crippen LogP contribution in [0.15, 0.2) is 78.9 Å².